The second-order valence-corrected chi connectivity index (χ2v) is 6.56. The lowest BCUT2D eigenvalue weighted by atomic mass is 10.1. The van der Waals surface area contributed by atoms with Crippen molar-refractivity contribution in [3.63, 3.8) is 0 Å². The van der Waals surface area contributed by atoms with E-state index in [1.807, 2.05) is 0 Å². The number of hydrogen-bond acceptors (Lipinski definition) is 4. The number of amides is 2. The monoisotopic (exact) mass is 287 g/mol. The first-order valence-electron chi connectivity index (χ1n) is 5.69. The summed E-state index contributed by atoms with van der Waals surface area (Å²) < 4.78 is 12.3. The molecule has 0 aromatic carbocycles. The molecule has 0 saturated heterocycles. The van der Waals surface area contributed by atoms with E-state index in [2.05, 4.69) is 16.6 Å². The molecular weight excluding hydrogens is 266 g/mol. The largest absolute Gasteiger partial charge is 0.435 e. The minimum absolute atomic E-state index is 0.00110. The minimum atomic E-state index is -1.03. The molecule has 6 nitrogen and oxygen atoms in total. The lowest BCUT2D eigenvalue weighted by Gasteiger charge is -2.22. The van der Waals surface area contributed by atoms with Gasteiger partial charge in [-0.25, -0.2) is 4.79 Å². The molecule has 0 fully saturated rings. The molecule has 0 aliphatic carbocycles. The van der Waals surface area contributed by atoms with Crippen molar-refractivity contribution in [2.75, 3.05) is 12.1 Å². The zero-order valence-electron chi connectivity index (χ0n) is 11.7. The molecule has 0 bridgehead atoms. The van der Waals surface area contributed by atoms with E-state index >= 15 is 0 Å². The smallest absolute Gasteiger partial charge is 0.408 e. The van der Waals surface area contributed by atoms with E-state index < -0.39 is 34.3 Å². The van der Waals surface area contributed by atoms with E-state index in [9.17, 15) is 9.59 Å². The Morgan fingerprint density at radius 3 is 2.47 bits per heavy atom. The van der Waals surface area contributed by atoms with Crippen molar-refractivity contribution in [1.82, 2.24) is 10.6 Å². The predicted molar refractivity (Wildman–Crippen MR) is 75.6 cm³/mol. The van der Waals surface area contributed by atoms with Gasteiger partial charge >= 0.3 is 6.09 Å². The number of nitrogens with one attached hydrogen (secondary N) is 3. The molecule has 0 rings (SSSR count). The van der Waals surface area contributed by atoms with E-state index in [4.69, 9.17) is 15.9 Å². The maximum absolute atomic E-state index is 11.7. The van der Waals surface area contributed by atoms with Gasteiger partial charge in [0.05, 0.1) is 12.3 Å². The first kappa shape index (κ1) is 17.4. The Balaban J connectivity index is 4.48. The molecule has 2 atom stereocenters. The molecule has 0 aliphatic rings. The van der Waals surface area contributed by atoms with Crippen LogP contribution in [0.15, 0.2) is 0 Å². The fraction of sp³-hybridized carbons (Fsp3) is 0.667. The molecule has 0 aromatic rings. The van der Waals surface area contributed by atoms with Gasteiger partial charge < -0.3 is 15.4 Å². The molecule has 108 valence electrons. The summed E-state index contributed by atoms with van der Waals surface area (Å²) in [6.07, 6.45) is 5.10. The van der Waals surface area contributed by atoms with Crippen LogP contribution in [-0.2, 0) is 20.2 Å². The summed E-state index contributed by atoms with van der Waals surface area (Å²) in [6, 6.07) is 0. The van der Waals surface area contributed by atoms with Crippen LogP contribution < -0.4 is 10.6 Å². The second-order valence-electron chi connectivity index (χ2n) is 5.00. The SMILES string of the molecule is C#CC[C@H](OC(=O)NC(C)(C)C)C(=O)NCS(C)=N. The number of carbonyl (C=O) groups is 2. The molecule has 0 aliphatic heterocycles. The van der Waals surface area contributed by atoms with Gasteiger partial charge in [0.15, 0.2) is 6.10 Å². The van der Waals surface area contributed by atoms with Crippen molar-refractivity contribution < 1.29 is 14.3 Å². The molecule has 0 heterocycles. The highest BCUT2D eigenvalue weighted by Gasteiger charge is 2.24. The molecule has 0 radical (unpaired) electrons. The lowest BCUT2D eigenvalue weighted by Crippen LogP contribution is -2.45. The topological polar surface area (TPSA) is 91.3 Å². The van der Waals surface area contributed by atoms with Gasteiger partial charge in [0.25, 0.3) is 5.91 Å². The highest BCUT2D eigenvalue weighted by atomic mass is 32.2. The third-order valence-electron chi connectivity index (χ3n) is 1.78. The maximum atomic E-state index is 11.7. The normalized spacial score (nSPS) is 13.8. The standard InChI is InChI=1S/C12H21N3O3S/c1-6-7-9(10(16)14-8-19(5)13)18-11(17)15-12(2,3)4/h1,9,13H,7-8H2,2-5H3,(H,14,16)(H,15,17)/t9-,19?/m0/s1. The zero-order valence-corrected chi connectivity index (χ0v) is 12.5. The van der Waals surface area contributed by atoms with Crippen LogP contribution in [0.3, 0.4) is 0 Å². The van der Waals surface area contributed by atoms with Crippen molar-refractivity contribution in [1.29, 1.82) is 4.78 Å². The number of alkyl carbamates (subject to hydrolysis) is 1. The van der Waals surface area contributed by atoms with Crippen LogP contribution in [0.5, 0.6) is 0 Å². The summed E-state index contributed by atoms with van der Waals surface area (Å²) in [5.41, 5.74) is -0.453. The van der Waals surface area contributed by atoms with Crippen LogP contribution in [0.1, 0.15) is 27.2 Å². The van der Waals surface area contributed by atoms with E-state index in [1.165, 1.54) is 0 Å². The molecule has 3 N–H and O–H groups in total. The van der Waals surface area contributed by atoms with Gasteiger partial charge in [0.2, 0.25) is 0 Å². The third-order valence-corrected chi connectivity index (χ3v) is 2.36. The Hall–Kier alpha value is -1.55. The van der Waals surface area contributed by atoms with Crippen LogP contribution in [0, 0.1) is 17.1 Å². The lowest BCUT2D eigenvalue weighted by molar-refractivity contribution is -0.129. The number of hydrogen-bond donors (Lipinski definition) is 3. The Morgan fingerprint density at radius 2 is 2.05 bits per heavy atom. The average Bonchev–Trinajstić information content (AvgIpc) is 2.22. The van der Waals surface area contributed by atoms with Crippen LogP contribution in [0.4, 0.5) is 4.79 Å². The minimum Gasteiger partial charge on any atom is -0.435 e. The Morgan fingerprint density at radius 1 is 1.47 bits per heavy atom. The van der Waals surface area contributed by atoms with Gasteiger partial charge in [0.1, 0.15) is 0 Å². The van der Waals surface area contributed by atoms with Crippen molar-refractivity contribution in [2.45, 2.75) is 38.8 Å². The summed E-state index contributed by atoms with van der Waals surface area (Å²) in [7, 11) is -0.675. The Labute approximate surface area is 116 Å². The van der Waals surface area contributed by atoms with Gasteiger partial charge in [-0.3, -0.25) is 9.57 Å². The molecule has 1 unspecified atom stereocenters. The summed E-state index contributed by atoms with van der Waals surface area (Å²) in [4.78, 5) is 23.3. The van der Waals surface area contributed by atoms with Crippen LogP contribution in [0.25, 0.3) is 0 Å². The first-order valence-corrected chi connectivity index (χ1v) is 7.49. The van der Waals surface area contributed by atoms with E-state index in [1.54, 1.807) is 27.0 Å². The van der Waals surface area contributed by atoms with Crippen LogP contribution in [0.2, 0.25) is 0 Å². The van der Waals surface area contributed by atoms with Gasteiger partial charge in [-0.1, -0.05) is 10.7 Å². The highest BCUT2D eigenvalue weighted by molar-refractivity contribution is 7.85. The van der Waals surface area contributed by atoms with E-state index in [0.29, 0.717) is 0 Å². The van der Waals surface area contributed by atoms with Gasteiger partial charge in [-0.2, -0.15) is 0 Å². The van der Waals surface area contributed by atoms with Crippen LogP contribution in [-0.4, -0.2) is 35.8 Å². The molecular formula is C12H21N3O3S. The molecule has 2 amide bonds. The summed E-state index contributed by atoms with van der Waals surface area (Å²) in [6.45, 7) is 5.40. The number of terminal acetylenes is 1. The van der Waals surface area contributed by atoms with Crippen molar-refractivity contribution in [3.05, 3.63) is 0 Å². The van der Waals surface area contributed by atoms with Crippen molar-refractivity contribution in [2.24, 2.45) is 0 Å². The van der Waals surface area contributed by atoms with Crippen LogP contribution >= 0.6 is 0 Å². The van der Waals surface area contributed by atoms with E-state index in [-0.39, 0.29) is 12.3 Å². The van der Waals surface area contributed by atoms with Crippen molar-refractivity contribution >= 4 is 22.7 Å². The summed E-state index contributed by atoms with van der Waals surface area (Å²) >= 11 is 0. The third kappa shape index (κ3) is 9.08. The molecule has 0 saturated carbocycles. The quantitative estimate of drug-likeness (QED) is 0.658. The highest BCUT2D eigenvalue weighted by Crippen LogP contribution is 2.03. The Bertz CT molecular complexity index is 396. The zero-order chi connectivity index (χ0) is 15.1. The fourth-order valence-corrected chi connectivity index (χ4v) is 1.41. The molecule has 19 heavy (non-hydrogen) atoms. The predicted octanol–water partition coefficient (Wildman–Crippen LogP) is 0.987. The number of rotatable bonds is 5. The van der Waals surface area contributed by atoms with Gasteiger partial charge in [-0.15, -0.1) is 12.3 Å². The van der Waals surface area contributed by atoms with E-state index in [0.717, 1.165) is 0 Å². The van der Waals surface area contributed by atoms with Gasteiger partial charge in [0, 0.05) is 5.54 Å². The summed E-state index contributed by atoms with van der Waals surface area (Å²) in [5, 5.41) is 5.10. The first-order chi connectivity index (χ1) is 8.65. The van der Waals surface area contributed by atoms with Gasteiger partial charge in [-0.05, 0) is 27.0 Å². The Kier molecular flexibility index (Phi) is 7.16. The average molecular weight is 287 g/mol. The molecule has 7 heteroatoms. The fourth-order valence-electron chi connectivity index (χ4n) is 1.05. The summed E-state index contributed by atoms with van der Waals surface area (Å²) in [5.74, 6) is 2.03. The maximum Gasteiger partial charge on any atom is 0.408 e. The molecule has 0 aromatic heterocycles. The number of carbonyl (C=O) groups excluding carboxylic acids is 2. The second kappa shape index (κ2) is 7.79. The molecule has 0 spiro atoms. The number of ether oxygens (including phenoxy) is 1. The van der Waals surface area contributed by atoms with Crippen molar-refractivity contribution in [3.8, 4) is 12.3 Å².